The number of aliphatic hydroxyl groups is 9. The zero-order chi connectivity index (χ0) is 56.9. The lowest BCUT2D eigenvalue weighted by molar-refractivity contribution is -0.358. The lowest BCUT2D eigenvalue weighted by Gasteiger charge is -2.45. The van der Waals surface area contributed by atoms with Crippen molar-refractivity contribution in [3.05, 3.63) is 101 Å². The second kappa shape index (κ2) is 25.0. The monoisotopic (exact) mass is 1100 g/mol. The molecule has 3 aliphatic rings. The minimum Gasteiger partial charge on any atom is -0.508 e. The van der Waals surface area contributed by atoms with Gasteiger partial charge in [-0.15, -0.1) is 6.58 Å². The fourth-order valence-electron chi connectivity index (χ4n) is 8.48. The fourth-order valence-corrected chi connectivity index (χ4v) is 8.48. The Labute approximate surface area is 444 Å². The maximum atomic E-state index is 14.7. The molecular weight excluding hydrogens is 1040 g/mol. The lowest BCUT2D eigenvalue weighted by atomic mass is 9.97. The van der Waals surface area contributed by atoms with E-state index in [0.29, 0.717) is 5.56 Å². The van der Waals surface area contributed by atoms with E-state index >= 15 is 0 Å². The number of aromatic hydroxyl groups is 3. The van der Waals surface area contributed by atoms with E-state index in [4.69, 9.17) is 47.0 Å². The molecule has 16 atom stereocenters. The smallest absolute Gasteiger partial charge is 0.333 e. The van der Waals surface area contributed by atoms with E-state index in [0.717, 1.165) is 18.2 Å². The number of phenols is 3. The normalized spacial score (nSPS) is 30.3. The standard InChI is InChI=1S/C53H62O25/c1-6-53(4,68)17-7-8-23(2)49(67)76-47-42(64)37(59)24(3)71-51(47)72-28-19-30(57)36-32(20-28)73-45(26-11-13-27(55)14-12-26)46(40(36)62)77-52-48(43(65)38(60)33(21-54)74-52)78-50-44(66)41(63)39(61)34(75-50)22-70-35(58)16-10-25-9-15-29(56)31(18-25)69-5/h6,8-16,18-20,24,33-34,37-39,41-44,47-48,50-52,54-57,59-61,63-66,68H,1,7,17,21-22H2,2-5H3. The van der Waals surface area contributed by atoms with Crippen LogP contribution in [0, 0.1) is 0 Å². The number of ether oxygens (including phenoxy) is 9. The number of aliphatic hydroxyl groups excluding tert-OH is 8. The SMILES string of the molecule is C=CC(C)(O)CCC=C(C)C(=O)OC1C(Oc2cc(O)c3c(=O)c(OC4OC(CO)C(O)C(O)C4OC4OC(COC(=O)C=Cc5ccc(O)c(OC)c5)C(O)C(O)C4O)c(-c4ccc(O)cc4)oc3c2)OC(C)C(O)C1O. The summed E-state index contributed by atoms with van der Waals surface area (Å²) in [5.74, 6) is -4.46. The summed E-state index contributed by atoms with van der Waals surface area (Å²) < 4.78 is 57.4. The van der Waals surface area contributed by atoms with Crippen LogP contribution < -0.4 is 19.6 Å². The van der Waals surface area contributed by atoms with Gasteiger partial charge in [0, 0.05) is 29.3 Å². The highest BCUT2D eigenvalue weighted by atomic mass is 16.8. The number of allylic oxidation sites excluding steroid dienone is 1. The summed E-state index contributed by atoms with van der Waals surface area (Å²) in [6.07, 6.45) is -21.7. The highest BCUT2D eigenvalue weighted by Gasteiger charge is 2.52. The highest BCUT2D eigenvalue weighted by molar-refractivity contribution is 5.89. The lowest BCUT2D eigenvalue weighted by Crippen LogP contribution is -2.65. The first-order valence-corrected chi connectivity index (χ1v) is 24.4. The first kappa shape index (κ1) is 59.0. The first-order chi connectivity index (χ1) is 36.9. The molecule has 25 nitrogen and oxygen atoms in total. The van der Waals surface area contributed by atoms with Crippen molar-refractivity contribution < 1.29 is 118 Å². The number of rotatable bonds is 19. The zero-order valence-corrected chi connectivity index (χ0v) is 42.4. The maximum absolute atomic E-state index is 14.7. The number of methoxy groups -OCH3 is 1. The van der Waals surface area contributed by atoms with Gasteiger partial charge in [0.1, 0.15) is 89.8 Å². The summed E-state index contributed by atoms with van der Waals surface area (Å²) in [4.78, 5) is 40.7. The second-order valence-corrected chi connectivity index (χ2v) is 19.0. The van der Waals surface area contributed by atoms with Crippen molar-refractivity contribution in [1.82, 2.24) is 0 Å². The Morgan fingerprint density at radius 3 is 2.13 bits per heavy atom. The molecule has 3 aliphatic heterocycles. The third-order valence-electron chi connectivity index (χ3n) is 13.2. The zero-order valence-electron chi connectivity index (χ0n) is 42.4. The summed E-state index contributed by atoms with van der Waals surface area (Å²) in [6.45, 7) is 6.25. The topological polar surface area (TPSA) is 390 Å². The van der Waals surface area contributed by atoms with Gasteiger partial charge < -0.3 is 108 Å². The molecule has 4 aromatic rings. The van der Waals surface area contributed by atoms with E-state index in [1.807, 2.05) is 0 Å². The van der Waals surface area contributed by atoms with Crippen LogP contribution in [-0.4, -0.2) is 191 Å². The summed E-state index contributed by atoms with van der Waals surface area (Å²) in [6, 6.07) is 11.3. The van der Waals surface area contributed by atoms with Gasteiger partial charge in [0.25, 0.3) is 0 Å². The number of phenolic OH excluding ortho intramolecular Hbond substituents is 3. The van der Waals surface area contributed by atoms with Gasteiger partial charge in [-0.3, -0.25) is 4.79 Å². The number of benzene rings is 3. The molecule has 424 valence electrons. The molecule has 0 saturated carbocycles. The second-order valence-electron chi connectivity index (χ2n) is 19.0. The minimum atomic E-state index is -2.11. The van der Waals surface area contributed by atoms with Gasteiger partial charge in [-0.1, -0.05) is 18.2 Å². The van der Waals surface area contributed by atoms with Gasteiger partial charge in [0.05, 0.1) is 25.4 Å². The minimum absolute atomic E-state index is 0.0309. The van der Waals surface area contributed by atoms with Gasteiger partial charge in [-0.2, -0.15) is 0 Å². The third-order valence-corrected chi connectivity index (χ3v) is 13.2. The predicted molar refractivity (Wildman–Crippen MR) is 267 cm³/mol. The van der Waals surface area contributed by atoms with Crippen LogP contribution in [0.2, 0.25) is 0 Å². The van der Waals surface area contributed by atoms with Crippen LogP contribution >= 0.6 is 0 Å². The summed E-state index contributed by atoms with van der Waals surface area (Å²) in [7, 11) is 1.33. The molecule has 0 aliphatic carbocycles. The molecule has 0 radical (unpaired) electrons. The molecule has 3 saturated heterocycles. The number of fused-ring (bicyclic) bond motifs is 1. The van der Waals surface area contributed by atoms with E-state index in [-0.39, 0.29) is 47.0 Å². The highest BCUT2D eigenvalue weighted by Crippen LogP contribution is 2.40. The Morgan fingerprint density at radius 1 is 0.782 bits per heavy atom. The van der Waals surface area contributed by atoms with E-state index in [1.165, 1.54) is 88.6 Å². The van der Waals surface area contributed by atoms with Crippen molar-refractivity contribution in [3.63, 3.8) is 0 Å². The molecule has 16 unspecified atom stereocenters. The van der Waals surface area contributed by atoms with Crippen LogP contribution in [-0.2, 0) is 38.0 Å². The van der Waals surface area contributed by atoms with E-state index in [1.54, 1.807) is 0 Å². The molecule has 3 fully saturated rings. The summed E-state index contributed by atoms with van der Waals surface area (Å²) >= 11 is 0. The van der Waals surface area contributed by atoms with Gasteiger partial charge in [-0.05, 0) is 81.7 Å². The van der Waals surface area contributed by atoms with Crippen molar-refractivity contribution in [2.75, 3.05) is 20.3 Å². The van der Waals surface area contributed by atoms with Gasteiger partial charge in [0.15, 0.2) is 35.8 Å². The first-order valence-electron chi connectivity index (χ1n) is 24.4. The maximum Gasteiger partial charge on any atom is 0.333 e. The third kappa shape index (κ3) is 13.2. The molecule has 25 heteroatoms. The molecule has 4 heterocycles. The van der Waals surface area contributed by atoms with Crippen LogP contribution in [0.25, 0.3) is 28.4 Å². The Morgan fingerprint density at radius 2 is 1.45 bits per heavy atom. The number of hydrogen-bond donors (Lipinski definition) is 12. The number of hydrogen-bond acceptors (Lipinski definition) is 25. The molecule has 12 N–H and O–H groups in total. The van der Waals surface area contributed by atoms with Crippen molar-refractivity contribution in [1.29, 1.82) is 0 Å². The number of carbonyl (C=O) groups is 2. The van der Waals surface area contributed by atoms with Crippen LogP contribution in [0.4, 0.5) is 0 Å². The molecule has 0 amide bonds. The van der Waals surface area contributed by atoms with E-state index < -0.39 is 157 Å². The van der Waals surface area contributed by atoms with Crippen molar-refractivity contribution in [2.45, 2.75) is 131 Å². The number of carbonyl (C=O) groups excluding carboxylic acids is 2. The van der Waals surface area contributed by atoms with Crippen molar-refractivity contribution in [2.24, 2.45) is 0 Å². The van der Waals surface area contributed by atoms with Gasteiger partial charge in [-0.25, -0.2) is 9.59 Å². The Hall–Kier alpha value is -6.69. The molecule has 1 aromatic heterocycles. The Bertz CT molecular complexity index is 2880. The Balaban J connectivity index is 1.17. The molecule has 7 rings (SSSR count). The Kier molecular flexibility index (Phi) is 18.9. The molecule has 3 aromatic carbocycles. The quantitative estimate of drug-likeness (QED) is 0.0341. The van der Waals surface area contributed by atoms with Crippen molar-refractivity contribution >= 4 is 29.0 Å². The molecule has 0 bridgehead atoms. The van der Waals surface area contributed by atoms with Crippen LogP contribution in [0.15, 0.2) is 94.2 Å². The molecule has 0 spiro atoms. The summed E-state index contributed by atoms with van der Waals surface area (Å²) in [5.41, 5.74) is -2.20. The van der Waals surface area contributed by atoms with E-state index in [2.05, 4.69) is 6.58 Å². The largest absolute Gasteiger partial charge is 0.508 e. The van der Waals surface area contributed by atoms with Crippen LogP contribution in [0.1, 0.15) is 39.2 Å². The fraction of sp³-hybridized carbons (Fsp3) is 0.453. The van der Waals surface area contributed by atoms with Crippen molar-refractivity contribution in [3.8, 4) is 45.8 Å². The molecule has 78 heavy (non-hydrogen) atoms. The average molecular weight is 1100 g/mol. The van der Waals surface area contributed by atoms with Gasteiger partial charge >= 0.3 is 11.9 Å². The summed E-state index contributed by atoms with van der Waals surface area (Å²) in [5, 5.41) is 129. The average Bonchev–Trinajstić information content (AvgIpc) is 3.59. The van der Waals surface area contributed by atoms with Gasteiger partial charge in [0.2, 0.25) is 23.8 Å². The number of esters is 2. The van der Waals surface area contributed by atoms with Crippen LogP contribution in [0.3, 0.4) is 0 Å². The van der Waals surface area contributed by atoms with Crippen LogP contribution in [0.5, 0.6) is 34.5 Å². The molecular formula is C53H62O25. The predicted octanol–water partition coefficient (Wildman–Crippen LogP) is 0.273. The van der Waals surface area contributed by atoms with E-state index in [9.17, 15) is 75.7 Å².